The van der Waals surface area contributed by atoms with E-state index in [0.29, 0.717) is 0 Å². The van der Waals surface area contributed by atoms with Gasteiger partial charge in [-0.1, -0.05) is 0 Å². The summed E-state index contributed by atoms with van der Waals surface area (Å²) < 4.78 is 77.5. The molecule has 1 aliphatic heterocycles. The topological polar surface area (TPSA) is 98.8 Å². The molecule has 0 radical (unpaired) electrons. The molecule has 2 heterocycles. The molecule has 1 amide bonds. The van der Waals surface area contributed by atoms with Gasteiger partial charge in [0.2, 0.25) is 5.60 Å². The van der Waals surface area contributed by atoms with Crippen LogP contribution in [0.4, 0.5) is 27.6 Å². The lowest BCUT2D eigenvalue weighted by atomic mass is 9.87. The number of benzene rings is 1. The summed E-state index contributed by atoms with van der Waals surface area (Å²) in [5, 5.41) is 2.40. The summed E-state index contributed by atoms with van der Waals surface area (Å²) >= 11 is 0. The quantitative estimate of drug-likeness (QED) is 0.667. The molecule has 7 nitrogen and oxygen atoms in total. The SMILES string of the molecule is C[C@]1(c2cc(NC(=O)c3ccc(OCC(F)F)cn3)ccc2F)OC(N)=NCC1(F)F. The molecular formula is C19H17F5N4O3. The summed E-state index contributed by atoms with van der Waals surface area (Å²) in [5.74, 6) is -5.28. The van der Waals surface area contributed by atoms with E-state index in [2.05, 4.69) is 15.3 Å². The number of carbonyl (C=O) groups is 1. The van der Waals surface area contributed by atoms with E-state index in [0.717, 1.165) is 25.3 Å². The van der Waals surface area contributed by atoms with Crippen LogP contribution in [0, 0.1) is 5.82 Å². The van der Waals surface area contributed by atoms with Crippen molar-refractivity contribution in [2.45, 2.75) is 24.9 Å². The zero-order valence-corrected chi connectivity index (χ0v) is 16.0. The lowest BCUT2D eigenvalue weighted by molar-refractivity contribution is -0.173. The second-order valence-corrected chi connectivity index (χ2v) is 6.72. The van der Waals surface area contributed by atoms with E-state index < -0.39 is 54.4 Å². The summed E-state index contributed by atoms with van der Waals surface area (Å²) in [5.41, 5.74) is 2.30. The molecular weight excluding hydrogens is 427 g/mol. The van der Waals surface area contributed by atoms with Gasteiger partial charge in [-0.2, -0.15) is 8.78 Å². The van der Waals surface area contributed by atoms with E-state index in [1.165, 1.54) is 18.2 Å². The van der Waals surface area contributed by atoms with Gasteiger partial charge in [0.25, 0.3) is 18.4 Å². The van der Waals surface area contributed by atoms with Crippen molar-refractivity contribution in [2.75, 3.05) is 18.5 Å². The first-order chi connectivity index (χ1) is 14.5. The molecule has 0 saturated carbocycles. The summed E-state index contributed by atoms with van der Waals surface area (Å²) in [6, 6.07) is 5.03. The maximum Gasteiger partial charge on any atom is 0.310 e. The molecule has 166 valence electrons. The van der Waals surface area contributed by atoms with E-state index in [-0.39, 0.29) is 17.1 Å². The molecule has 1 aromatic carbocycles. The average Bonchev–Trinajstić information content (AvgIpc) is 2.71. The Kier molecular flexibility index (Phi) is 6.00. The zero-order chi connectivity index (χ0) is 22.8. The van der Waals surface area contributed by atoms with Gasteiger partial charge in [-0.05, 0) is 37.3 Å². The van der Waals surface area contributed by atoms with Crippen molar-refractivity contribution in [1.29, 1.82) is 0 Å². The number of amidine groups is 1. The fourth-order valence-corrected chi connectivity index (χ4v) is 2.82. The van der Waals surface area contributed by atoms with Crippen LogP contribution in [0.1, 0.15) is 23.0 Å². The normalized spacial score (nSPS) is 20.0. The summed E-state index contributed by atoms with van der Waals surface area (Å²) in [6.45, 7) is -0.847. The Morgan fingerprint density at radius 1 is 1.32 bits per heavy atom. The van der Waals surface area contributed by atoms with E-state index in [1.807, 2.05) is 0 Å². The van der Waals surface area contributed by atoms with Gasteiger partial charge in [-0.25, -0.2) is 23.1 Å². The van der Waals surface area contributed by atoms with Gasteiger partial charge in [-0.15, -0.1) is 0 Å². The largest absolute Gasteiger partial charge is 0.486 e. The molecule has 0 aliphatic carbocycles. The molecule has 1 aliphatic rings. The van der Waals surface area contributed by atoms with Gasteiger partial charge in [0.1, 0.15) is 30.4 Å². The number of aliphatic imine (C=N–C) groups is 1. The van der Waals surface area contributed by atoms with Crippen molar-refractivity contribution in [3.63, 3.8) is 0 Å². The maximum absolute atomic E-state index is 14.5. The monoisotopic (exact) mass is 444 g/mol. The number of nitrogens with zero attached hydrogens (tertiary/aromatic N) is 2. The van der Waals surface area contributed by atoms with Crippen LogP contribution in [-0.4, -0.2) is 42.4 Å². The molecule has 31 heavy (non-hydrogen) atoms. The second-order valence-electron chi connectivity index (χ2n) is 6.72. The first-order valence-corrected chi connectivity index (χ1v) is 8.87. The van der Waals surface area contributed by atoms with Gasteiger partial charge in [0.05, 0.1) is 6.20 Å². The highest BCUT2D eigenvalue weighted by Crippen LogP contribution is 2.44. The number of hydrogen-bond acceptors (Lipinski definition) is 6. The molecule has 0 spiro atoms. The number of hydrogen-bond donors (Lipinski definition) is 2. The minimum atomic E-state index is -3.57. The zero-order valence-electron chi connectivity index (χ0n) is 16.0. The minimum absolute atomic E-state index is 0.0112. The van der Waals surface area contributed by atoms with Crippen molar-refractivity contribution < 1.29 is 36.2 Å². The first-order valence-electron chi connectivity index (χ1n) is 8.87. The molecule has 0 saturated heterocycles. The summed E-state index contributed by atoms with van der Waals surface area (Å²) in [4.78, 5) is 19.5. The number of pyridine rings is 1. The predicted molar refractivity (Wildman–Crippen MR) is 100.0 cm³/mol. The Labute approximate surface area is 173 Å². The third-order valence-electron chi connectivity index (χ3n) is 4.52. The van der Waals surface area contributed by atoms with Crippen LogP contribution >= 0.6 is 0 Å². The highest BCUT2D eigenvalue weighted by atomic mass is 19.3. The van der Waals surface area contributed by atoms with Crippen molar-refractivity contribution in [3.05, 3.63) is 53.6 Å². The van der Waals surface area contributed by atoms with Crippen molar-refractivity contribution in [1.82, 2.24) is 4.98 Å². The van der Waals surface area contributed by atoms with Crippen LogP contribution in [0.2, 0.25) is 0 Å². The smallest absolute Gasteiger partial charge is 0.310 e. The Bertz CT molecular complexity index is 1000. The molecule has 0 bridgehead atoms. The minimum Gasteiger partial charge on any atom is -0.486 e. The number of halogens is 5. The molecule has 1 atom stereocenters. The Balaban J connectivity index is 1.81. The number of anilines is 1. The van der Waals surface area contributed by atoms with E-state index >= 15 is 0 Å². The van der Waals surface area contributed by atoms with E-state index in [4.69, 9.17) is 15.2 Å². The van der Waals surface area contributed by atoms with Crippen molar-refractivity contribution >= 4 is 17.6 Å². The fourth-order valence-electron chi connectivity index (χ4n) is 2.82. The molecule has 2 aromatic rings. The lowest BCUT2D eigenvalue weighted by Crippen LogP contribution is -2.53. The third kappa shape index (κ3) is 4.67. The number of rotatable bonds is 6. The molecule has 0 fully saturated rings. The molecule has 3 N–H and O–H groups in total. The van der Waals surface area contributed by atoms with Gasteiger partial charge < -0.3 is 20.5 Å². The molecule has 0 unspecified atom stereocenters. The number of alkyl halides is 4. The van der Waals surface area contributed by atoms with Crippen LogP contribution in [0.15, 0.2) is 41.5 Å². The van der Waals surface area contributed by atoms with Gasteiger partial charge >= 0.3 is 5.92 Å². The molecule has 1 aromatic heterocycles. The Morgan fingerprint density at radius 2 is 2.06 bits per heavy atom. The highest BCUT2D eigenvalue weighted by molar-refractivity contribution is 6.02. The predicted octanol–water partition coefficient (Wildman–Crippen LogP) is 3.31. The average molecular weight is 444 g/mol. The van der Waals surface area contributed by atoms with Gasteiger partial charge in [0.15, 0.2) is 0 Å². The highest BCUT2D eigenvalue weighted by Gasteiger charge is 2.57. The Hall–Kier alpha value is -3.44. The number of carbonyl (C=O) groups excluding carboxylic acids is 1. The second kappa shape index (κ2) is 8.36. The van der Waals surface area contributed by atoms with Crippen molar-refractivity contribution in [3.8, 4) is 5.75 Å². The summed E-state index contributed by atoms with van der Waals surface area (Å²) in [7, 11) is 0. The van der Waals surface area contributed by atoms with Crippen molar-refractivity contribution in [2.24, 2.45) is 10.7 Å². The van der Waals surface area contributed by atoms with Crippen LogP contribution in [0.3, 0.4) is 0 Å². The number of nitrogens with two attached hydrogens (primary N) is 1. The number of amides is 1. The molecule has 12 heteroatoms. The first kappa shape index (κ1) is 22.2. The fraction of sp³-hybridized carbons (Fsp3) is 0.316. The van der Waals surface area contributed by atoms with Crippen LogP contribution < -0.4 is 15.8 Å². The van der Waals surface area contributed by atoms with E-state index in [9.17, 15) is 26.7 Å². The summed E-state index contributed by atoms with van der Waals surface area (Å²) in [6.07, 6.45) is -1.59. The lowest BCUT2D eigenvalue weighted by Gasteiger charge is -2.39. The third-order valence-corrected chi connectivity index (χ3v) is 4.52. The molecule has 3 rings (SSSR count). The number of aromatic nitrogens is 1. The van der Waals surface area contributed by atoms with Gasteiger partial charge in [0, 0.05) is 11.3 Å². The standard InChI is InChI=1S/C19H17F5N4O3/c1-18(19(23,24)9-27-17(25)31-18)12-6-10(2-4-13(12)20)28-16(29)14-5-3-11(7-26-14)30-8-15(21)22/h2-7,15H,8-9H2,1H3,(H2,25,27)(H,28,29)/t18-/m1/s1. The van der Waals surface area contributed by atoms with Crippen LogP contribution in [-0.2, 0) is 10.3 Å². The van der Waals surface area contributed by atoms with Crippen LogP contribution in [0.5, 0.6) is 5.75 Å². The van der Waals surface area contributed by atoms with Gasteiger partial charge in [-0.3, -0.25) is 4.79 Å². The number of nitrogens with one attached hydrogen (secondary N) is 1. The Morgan fingerprint density at radius 3 is 2.71 bits per heavy atom. The van der Waals surface area contributed by atoms with E-state index in [1.54, 1.807) is 0 Å². The maximum atomic E-state index is 14.5. The number of ether oxygens (including phenoxy) is 2. The van der Waals surface area contributed by atoms with Crippen LogP contribution in [0.25, 0.3) is 0 Å².